The second kappa shape index (κ2) is 12.6. The van der Waals surface area contributed by atoms with Crippen molar-refractivity contribution < 1.29 is 28.5 Å². The Morgan fingerprint density at radius 3 is 1.53 bits per heavy atom. The maximum Gasteiger partial charge on any atom is 0.514 e. The van der Waals surface area contributed by atoms with Gasteiger partial charge in [0.05, 0.1) is 0 Å². The number of hydrogen-bond acceptors (Lipinski definition) is 6. The van der Waals surface area contributed by atoms with Crippen molar-refractivity contribution in [3.8, 4) is 11.5 Å². The number of carbonyl (C=O) groups is 2. The molecule has 6 heteroatoms. The SMILES string of the molecule is C=CCOC(=O)Oc1ccc(C(Cc2ccccc2)c2ccc(OC(=O)OCC=C)cc2)cc1. The molecule has 6 nitrogen and oxygen atoms in total. The van der Waals surface area contributed by atoms with Crippen LogP contribution in [0.2, 0.25) is 0 Å². The minimum absolute atomic E-state index is 0.0194. The molecule has 0 aromatic heterocycles. The van der Waals surface area contributed by atoms with Gasteiger partial charge in [-0.25, -0.2) is 9.59 Å². The molecule has 34 heavy (non-hydrogen) atoms. The Morgan fingerprint density at radius 2 is 1.12 bits per heavy atom. The van der Waals surface area contributed by atoms with Crippen LogP contribution in [-0.4, -0.2) is 25.5 Å². The Bertz CT molecular complexity index is 1020. The molecule has 3 rings (SSSR count). The molecule has 0 amide bonds. The fourth-order valence-corrected chi connectivity index (χ4v) is 3.32. The van der Waals surface area contributed by atoms with Gasteiger partial charge in [0.25, 0.3) is 0 Å². The highest BCUT2D eigenvalue weighted by molar-refractivity contribution is 5.64. The van der Waals surface area contributed by atoms with Crippen molar-refractivity contribution in [3.63, 3.8) is 0 Å². The first-order valence-corrected chi connectivity index (χ1v) is 10.7. The third-order valence-corrected chi connectivity index (χ3v) is 4.89. The van der Waals surface area contributed by atoms with E-state index < -0.39 is 12.3 Å². The second-order valence-corrected chi connectivity index (χ2v) is 7.28. The standard InChI is InChI=1S/C28H26O6/c1-3-18-31-27(29)33-24-14-10-22(11-15-24)26(20-21-8-6-5-7-9-21)23-12-16-25(17-13-23)34-28(30)32-19-4-2/h3-17,26H,1-2,18-20H2. The van der Waals surface area contributed by atoms with Gasteiger partial charge in [0.1, 0.15) is 24.7 Å². The van der Waals surface area contributed by atoms with Crippen LogP contribution in [0.4, 0.5) is 9.59 Å². The fraction of sp³-hybridized carbons (Fsp3) is 0.143. The minimum atomic E-state index is -0.782. The van der Waals surface area contributed by atoms with Gasteiger partial charge in [-0.3, -0.25) is 0 Å². The topological polar surface area (TPSA) is 71.1 Å². The number of rotatable bonds is 10. The zero-order valence-corrected chi connectivity index (χ0v) is 18.7. The Kier molecular flexibility index (Phi) is 9.05. The number of ether oxygens (including phenoxy) is 4. The van der Waals surface area contributed by atoms with Crippen molar-refractivity contribution in [3.05, 3.63) is 121 Å². The van der Waals surface area contributed by atoms with Crippen molar-refractivity contribution in [2.45, 2.75) is 12.3 Å². The highest BCUT2D eigenvalue weighted by Crippen LogP contribution is 2.31. The van der Waals surface area contributed by atoms with Crippen molar-refractivity contribution in [2.24, 2.45) is 0 Å². The average Bonchev–Trinajstić information content (AvgIpc) is 2.86. The quantitative estimate of drug-likeness (QED) is 0.197. The van der Waals surface area contributed by atoms with Gasteiger partial charge in [0.2, 0.25) is 0 Å². The van der Waals surface area contributed by atoms with Crippen LogP contribution in [0.15, 0.2) is 104 Å². The third-order valence-electron chi connectivity index (χ3n) is 4.89. The van der Waals surface area contributed by atoms with E-state index in [1.807, 2.05) is 42.5 Å². The van der Waals surface area contributed by atoms with Crippen LogP contribution in [0, 0.1) is 0 Å². The van der Waals surface area contributed by atoms with E-state index in [9.17, 15) is 9.59 Å². The first-order chi connectivity index (χ1) is 16.6. The minimum Gasteiger partial charge on any atom is -0.430 e. The lowest BCUT2D eigenvalue weighted by molar-refractivity contribution is 0.108. The van der Waals surface area contributed by atoms with Crippen LogP contribution in [0.25, 0.3) is 0 Å². The lowest BCUT2D eigenvalue weighted by Gasteiger charge is -2.19. The molecule has 0 bridgehead atoms. The zero-order valence-electron chi connectivity index (χ0n) is 18.7. The normalized spacial score (nSPS) is 10.3. The zero-order chi connectivity index (χ0) is 24.2. The van der Waals surface area contributed by atoms with Crippen LogP contribution < -0.4 is 9.47 Å². The first kappa shape index (κ1) is 24.3. The predicted octanol–water partition coefficient (Wildman–Crippen LogP) is 6.46. The summed E-state index contributed by atoms with van der Waals surface area (Å²) in [6.45, 7) is 7.17. The predicted molar refractivity (Wildman–Crippen MR) is 129 cm³/mol. The molecule has 0 unspecified atom stereocenters. The molecule has 0 N–H and O–H groups in total. The van der Waals surface area contributed by atoms with Crippen molar-refractivity contribution in [1.29, 1.82) is 0 Å². The summed E-state index contributed by atoms with van der Waals surface area (Å²) in [5.41, 5.74) is 3.25. The van der Waals surface area contributed by atoms with Crippen molar-refractivity contribution in [2.75, 3.05) is 13.2 Å². The lowest BCUT2D eigenvalue weighted by atomic mass is 9.86. The van der Waals surface area contributed by atoms with Gasteiger partial charge in [-0.1, -0.05) is 79.9 Å². The van der Waals surface area contributed by atoms with E-state index in [1.54, 1.807) is 24.3 Å². The van der Waals surface area contributed by atoms with Crippen molar-refractivity contribution in [1.82, 2.24) is 0 Å². The summed E-state index contributed by atoms with van der Waals surface area (Å²) < 4.78 is 20.1. The summed E-state index contributed by atoms with van der Waals surface area (Å²) in [5, 5.41) is 0. The van der Waals surface area contributed by atoms with E-state index in [2.05, 4.69) is 25.3 Å². The molecule has 0 aliphatic carbocycles. The molecule has 0 saturated heterocycles. The van der Waals surface area contributed by atoms with E-state index in [1.165, 1.54) is 17.7 Å². The van der Waals surface area contributed by atoms with Crippen LogP contribution in [-0.2, 0) is 15.9 Å². The molecule has 0 aliphatic rings. The average molecular weight is 459 g/mol. The second-order valence-electron chi connectivity index (χ2n) is 7.28. The van der Waals surface area contributed by atoms with E-state index in [0.29, 0.717) is 11.5 Å². The Hall–Kier alpha value is -4.32. The molecule has 174 valence electrons. The smallest absolute Gasteiger partial charge is 0.430 e. The van der Waals surface area contributed by atoms with Gasteiger partial charge < -0.3 is 18.9 Å². The van der Waals surface area contributed by atoms with Crippen LogP contribution in [0.1, 0.15) is 22.6 Å². The summed E-state index contributed by atoms with van der Waals surface area (Å²) >= 11 is 0. The lowest BCUT2D eigenvalue weighted by Crippen LogP contribution is -2.11. The van der Waals surface area contributed by atoms with Gasteiger partial charge in [-0.15, -0.1) is 0 Å². The summed E-state index contributed by atoms with van der Waals surface area (Å²) in [4.78, 5) is 23.4. The van der Waals surface area contributed by atoms with E-state index in [0.717, 1.165) is 17.5 Å². The maximum absolute atomic E-state index is 11.7. The summed E-state index contributed by atoms with van der Waals surface area (Å²) in [6.07, 6.45) is 2.13. The monoisotopic (exact) mass is 458 g/mol. The highest BCUT2D eigenvalue weighted by Gasteiger charge is 2.17. The molecule has 3 aromatic carbocycles. The molecule has 0 saturated carbocycles. The number of carbonyl (C=O) groups excluding carboxylic acids is 2. The van der Waals surface area contributed by atoms with Crippen LogP contribution >= 0.6 is 0 Å². The van der Waals surface area contributed by atoms with Crippen molar-refractivity contribution >= 4 is 12.3 Å². The highest BCUT2D eigenvalue weighted by atomic mass is 16.7. The maximum atomic E-state index is 11.7. The van der Waals surface area contributed by atoms with Gasteiger partial charge in [-0.05, 0) is 47.4 Å². The molecule has 0 fully saturated rings. The fourth-order valence-electron chi connectivity index (χ4n) is 3.32. The molecule has 3 aromatic rings. The Labute approximate surface area is 199 Å². The first-order valence-electron chi connectivity index (χ1n) is 10.7. The molecule has 0 spiro atoms. The third kappa shape index (κ3) is 7.38. The molecular weight excluding hydrogens is 432 g/mol. The number of hydrogen-bond donors (Lipinski definition) is 0. The Balaban J connectivity index is 1.79. The van der Waals surface area contributed by atoms with Gasteiger partial charge in [0, 0.05) is 5.92 Å². The van der Waals surface area contributed by atoms with E-state index in [-0.39, 0.29) is 19.1 Å². The molecule has 0 heterocycles. The largest absolute Gasteiger partial charge is 0.514 e. The molecule has 0 aliphatic heterocycles. The van der Waals surface area contributed by atoms with Gasteiger partial charge in [-0.2, -0.15) is 0 Å². The summed E-state index contributed by atoms with van der Waals surface area (Å²) in [6, 6.07) is 24.7. The number of benzene rings is 3. The van der Waals surface area contributed by atoms with Gasteiger partial charge in [0.15, 0.2) is 0 Å². The van der Waals surface area contributed by atoms with Crippen LogP contribution in [0.3, 0.4) is 0 Å². The van der Waals surface area contributed by atoms with Gasteiger partial charge >= 0.3 is 12.3 Å². The summed E-state index contributed by atoms with van der Waals surface area (Å²) in [5.74, 6) is 0.794. The van der Waals surface area contributed by atoms with E-state index >= 15 is 0 Å². The summed E-state index contributed by atoms with van der Waals surface area (Å²) in [7, 11) is 0. The molecule has 0 radical (unpaired) electrons. The van der Waals surface area contributed by atoms with Crippen LogP contribution in [0.5, 0.6) is 11.5 Å². The van der Waals surface area contributed by atoms with E-state index in [4.69, 9.17) is 18.9 Å². The Morgan fingerprint density at radius 1 is 0.676 bits per heavy atom. The molecule has 0 atom stereocenters. The molecular formula is C28H26O6.